The van der Waals surface area contributed by atoms with Crippen molar-refractivity contribution in [2.75, 3.05) is 13.6 Å². The smallest absolute Gasteiger partial charge is 0.194 e. The van der Waals surface area contributed by atoms with Crippen LogP contribution in [0.1, 0.15) is 23.6 Å². The van der Waals surface area contributed by atoms with E-state index in [-0.39, 0.29) is 24.0 Å². The quantitative estimate of drug-likeness (QED) is 0.308. The predicted molar refractivity (Wildman–Crippen MR) is 126 cm³/mol. The first-order valence-electron chi connectivity index (χ1n) is 9.31. The lowest BCUT2D eigenvalue weighted by molar-refractivity contribution is 0.477. The first-order chi connectivity index (χ1) is 13.2. The maximum absolute atomic E-state index is 4.83. The highest BCUT2D eigenvalue weighted by atomic mass is 127. The Hall–Kier alpha value is -2.35. The minimum Gasteiger partial charge on any atom is -0.357 e. The Morgan fingerprint density at radius 2 is 1.82 bits per heavy atom. The van der Waals surface area contributed by atoms with Crippen LogP contribution in [-0.4, -0.2) is 34.0 Å². The van der Waals surface area contributed by atoms with E-state index in [9.17, 15) is 0 Å². The zero-order valence-corrected chi connectivity index (χ0v) is 18.8. The monoisotopic (exact) mass is 489 g/mol. The number of hydrogen-bond acceptors (Lipinski definition) is 2. The molecule has 0 amide bonds. The van der Waals surface area contributed by atoms with Crippen LogP contribution in [-0.2, 0) is 19.6 Å². The van der Waals surface area contributed by atoms with E-state index in [0.29, 0.717) is 6.54 Å². The van der Waals surface area contributed by atoms with Crippen molar-refractivity contribution >= 4 is 29.9 Å². The van der Waals surface area contributed by atoms with Gasteiger partial charge in [0.2, 0.25) is 0 Å². The summed E-state index contributed by atoms with van der Waals surface area (Å²) in [4.78, 5) is 11.1. The average Bonchev–Trinajstić information content (AvgIpc) is 3.19. The zero-order valence-electron chi connectivity index (χ0n) is 16.5. The zero-order chi connectivity index (χ0) is 18.9. The van der Waals surface area contributed by atoms with Gasteiger partial charge in [-0.05, 0) is 23.6 Å². The topological polar surface area (TPSA) is 45.5 Å². The molecule has 1 aromatic heterocycles. The van der Waals surface area contributed by atoms with Crippen molar-refractivity contribution in [2.24, 2.45) is 4.99 Å². The van der Waals surface area contributed by atoms with Crippen molar-refractivity contribution in [1.29, 1.82) is 0 Å². The van der Waals surface area contributed by atoms with Crippen LogP contribution in [0.25, 0.3) is 0 Å². The van der Waals surface area contributed by atoms with E-state index in [2.05, 4.69) is 82.3 Å². The number of hydrogen-bond donors (Lipinski definition) is 1. The lowest BCUT2D eigenvalue weighted by Crippen LogP contribution is -2.38. The van der Waals surface area contributed by atoms with Gasteiger partial charge in [-0.3, -0.25) is 0 Å². The van der Waals surface area contributed by atoms with Gasteiger partial charge in [0, 0.05) is 39.1 Å². The minimum atomic E-state index is 0. The highest BCUT2D eigenvalue weighted by Gasteiger charge is 2.06. The van der Waals surface area contributed by atoms with Gasteiger partial charge in [-0.25, -0.2) is 9.98 Å². The van der Waals surface area contributed by atoms with E-state index in [1.807, 2.05) is 18.6 Å². The molecule has 0 saturated carbocycles. The van der Waals surface area contributed by atoms with Crippen molar-refractivity contribution < 1.29 is 0 Å². The van der Waals surface area contributed by atoms with Gasteiger partial charge in [-0.1, -0.05) is 54.6 Å². The molecule has 0 saturated heterocycles. The largest absolute Gasteiger partial charge is 0.357 e. The van der Waals surface area contributed by atoms with Gasteiger partial charge >= 0.3 is 0 Å². The second-order valence-electron chi connectivity index (χ2n) is 6.57. The second-order valence-corrected chi connectivity index (χ2v) is 6.57. The van der Waals surface area contributed by atoms with Crippen molar-refractivity contribution in [2.45, 2.75) is 26.6 Å². The molecule has 0 fully saturated rings. The fourth-order valence-corrected chi connectivity index (χ4v) is 2.99. The van der Waals surface area contributed by atoms with Crippen molar-refractivity contribution in [3.05, 3.63) is 90.0 Å². The van der Waals surface area contributed by atoms with E-state index in [4.69, 9.17) is 4.99 Å². The Bertz CT molecular complexity index is 846. The molecular weight excluding hydrogens is 461 g/mol. The molecule has 0 atom stereocenters. The number of guanidine groups is 1. The maximum atomic E-state index is 4.83. The molecule has 148 valence electrons. The molecule has 6 heteroatoms. The third-order valence-corrected chi connectivity index (χ3v) is 4.29. The van der Waals surface area contributed by atoms with Crippen LogP contribution in [0.4, 0.5) is 0 Å². The van der Waals surface area contributed by atoms with Gasteiger partial charge in [-0.15, -0.1) is 24.0 Å². The molecule has 2 aromatic carbocycles. The summed E-state index contributed by atoms with van der Waals surface area (Å²) in [7, 11) is 2.07. The van der Waals surface area contributed by atoms with Crippen LogP contribution in [0.3, 0.4) is 0 Å². The molecule has 28 heavy (non-hydrogen) atoms. The van der Waals surface area contributed by atoms with E-state index in [1.54, 1.807) is 6.20 Å². The second kappa shape index (κ2) is 11.5. The Morgan fingerprint density at radius 3 is 2.54 bits per heavy atom. The Morgan fingerprint density at radius 1 is 1.07 bits per heavy atom. The van der Waals surface area contributed by atoms with E-state index in [0.717, 1.165) is 25.6 Å². The summed E-state index contributed by atoms with van der Waals surface area (Å²) >= 11 is 0. The molecule has 1 N–H and O–H groups in total. The number of rotatable bonds is 7. The van der Waals surface area contributed by atoms with Crippen molar-refractivity contribution in [3.63, 3.8) is 0 Å². The molecule has 0 bridgehead atoms. The molecule has 0 radical (unpaired) electrons. The van der Waals surface area contributed by atoms with Gasteiger partial charge in [-0.2, -0.15) is 0 Å². The van der Waals surface area contributed by atoms with Gasteiger partial charge in [0.25, 0.3) is 0 Å². The van der Waals surface area contributed by atoms with Gasteiger partial charge in [0.15, 0.2) is 5.96 Å². The standard InChI is InChI=1S/C22H27N5.HI/c1-3-24-22(26(2)16-19-8-5-4-6-9-19)25-15-20-10-7-11-21(14-20)17-27-13-12-23-18-27;/h4-14,18H,3,15-17H2,1-2H3,(H,24,25);1H. The highest BCUT2D eigenvalue weighted by Crippen LogP contribution is 2.09. The SMILES string of the molecule is CCNC(=NCc1cccc(Cn2ccnc2)c1)N(C)Cc1ccccc1.I. The summed E-state index contributed by atoms with van der Waals surface area (Å²) in [5.74, 6) is 0.918. The van der Waals surface area contributed by atoms with Crippen LogP contribution in [0, 0.1) is 0 Å². The Balaban J connectivity index is 0.00000280. The summed E-state index contributed by atoms with van der Waals surface area (Å²) in [6.07, 6.45) is 5.62. The summed E-state index contributed by atoms with van der Waals surface area (Å²) in [5.41, 5.74) is 3.73. The normalized spacial score (nSPS) is 11.0. The summed E-state index contributed by atoms with van der Waals surface area (Å²) < 4.78 is 2.07. The molecule has 5 nitrogen and oxygen atoms in total. The number of benzene rings is 2. The van der Waals surface area contributed by atoms with Crippen molar-refractivity contribution in [1.82, 2.24) is 19.8 Å². The van der Waals surface area contributed by atoms with Gasteiger partial charge in [0.05, 0.1) is 12.9 Å². The number of nitrogens with one attached hydrogen (secondary N) is 1. The predicted octanol–water partition coefficient (Wildman–Crippen LogP) is 4.15. The number of aromatic nitrogens is 2. The van der Waals surface area contributed by atoms with Gasteiger partial charge < -0.3 is 14.8 Å². The maximum Gasteiger partial charge on any atom is 0.194 e. The van der Waals surface area contributed by atoms with Crippen LogP contribution in [0.2, 0.25) is 0 Å². The molecule has 0 unspecified atom stereocenters. The molecule has 0 aliphatic heterocycles. The third-order valence-electron chi connectivity index (χ3n) is 4.29. The third kappa shape index (κ3) is 6.67. The molecule has 0 aliphatic rings. The molecule has 0 aliphatic carbocycles. The Labute approximate surface area is 184 Å². The number of imidazole rings is 1. The lowest BCUT2D eigenvalue weighted by Gasteiger charge is -2.22. The van der Waals surface area contributed by atoms with Gasteiger partial charge in [0.1, 0.15) is 0 Å². The number of nitrogens with zero attached hydrogens (tertiary/aromatic N) is 4. The van der Waals surface area contributed by atoms with Crippen LogP contribution in [0.15, 0.2) is 78.3 Å². The minimum absolute atomic E-state index is 0. The molecular formula is C22H28IN5. The first kappa shape index (κ1) is 21.9. The Kier molecular flexibility index (Phi) is 9.00. The first-order valence-corrected chi connectivity index (χ1v) is 9.31. The van der Waals surface area contributed by atoms with Crippen LogP contribution in [0.5, 0.6) is 0 Å². The fourth-order valence-electron chi connectivity index (χ4n) is 2.99. The lowest BCUT2D eigenvalue weighted by atomic mass is 10.1. The number of aliphatic imine (C=N–C) groups is 1. The van der Waals surface area contributed by atoms with Crippen LogP contribution < -0.4 is 5.32 Å². The molecule has 1 heterocycles. The molecule has 3 aromatic rings. The van der Waals surface area contributed by atoms with Crippen LogP contribution >= 0.6 is 24.0 Å². The van der Waals surface area contributed by atoms with E-state index in [1.165, 1.54) is 16.7 Å². The van der Waals surface area contributed by atoms with E-state index >= 15 is 0 Å². The molecule has 0 spiro atoms. The average molecular weight is 489 g/mol. The fraction of sp³-hybridized carbons (Fsp3) is 0.273. The summed E-state index contributed by atoms with van der Waals surface area (Å²) in [5, 5.41) is 3.39. The van der Waals surface area contributed by atoms with E-state index < -0.39 is 0 Å². The molecule has 3 rings (SSSR count). The highest BCUT2D eigenvalue weighted by molar-refractivity contribution is 14.0. The number of halogens is 1. The summed E-state index contributed by atoms with van der Waals surface area (Å²) in [6, 6.07) is 19.0. The summed E-state index contributed by atoms with van der Waals surface area (Å²) in [6.45, 7) is 5.24. The van der Waals surface area contributed by atoms with Crippen molar-refractivity contribution in [3.8, 4) is 0 Å².